The molecule has 28 heavy (non-hydrogen) atoms. The predicted octanol–water partition coefficient (Wildman–Crippen LogP) is 4.25. The third-order valence-corrected chi connectivity index (χ3v) is 5.40. The van der Waals surface area contributed by atoms with Gasteiger partial charge in [0.05, 0.1) is 29.7 Å². The van der Waals surface area contributed by atoms with Crippen molar-refractivity contribution in [3.05, 3.63) is 65.1 Å². The number of ether oxygens (including phenoxy) is 1. The highest BCUT2D eigenvalue weighted by Gasteiger charge is 2.16. The summed E-state index contributed by atoms with van der Waals surface area (Å²) in [5.74, 6) is 0.256. The number of imidazole rings is 1. The van der Waals surface area contributed by atoms with Crippen molar-refractivity contribution >= 4 is 44.3 Å². The van der Waals surface area contributed by atoms with Gasteiger partial charge >= 0.3 is 0 Å². The lowest BCUT2D eigenvalue weighted by Gasteiger charge is -2.05. The summed E-state index contributed by atoms with van der Waals surface area (Å²) in [6.45, 7) is 0. The van der Waals surface area contributed by atoms with Crippen molar-refractivity contribution in [1.29, 1.82) is 0 Å². The Morgan fingerprint density at radius 2 is 2.00 bits per heavy atom. The standard InChI is InChI=1S/C20H13FN4O2S/c1-27-11-7-12(9-22-8-11)28-20-24-17-13-3-2-10(21)6-15(13)16-14(18(17)25-20)4-5-23-19(16)26/h2-9H,1H3,(H,23,26)(H,24,25). The van der Waals surface area contributed by atoms with Crippen LogP contribution in [0.2, 0.25) is 0 Å². The molecule has 0 bridgehead atoms. The number of methoxy groups -OCH3 is 1. The number of pyridine rings is 2. The largest absolute Gasteiger partial charge is 0.495 e. The van der Waals surface area contributed by atoms with E-state index in [0.717, 1.165) is 15.8 Å². The summed E-state index contributed by atoms with van der Waals surface area (Å²) in [4.78, 5) is 28.2. The number of nitrogens with one attached hydrogen (secondary N) is 2. The van der Waals surface area contributed by atoms with Gasteiger partial charge in [0.25, 0.3) is 5.56 Å². The van der Waals surface area contributed by atoms with E-state index in [0.29, 0.717) is 32.6 Å². The number of hydrogen-bond donors (Lipinski definition) is 2. The first-order valence-electron chi connectivity index (χ1n) is 8.43. The summed E-state index contributed by atoms with van der Waals surface area (Å²) in [7, 11) is 1.58. The van der Waals surface area contributed by atoms with Crippen LogP contribution in [-0.2, 0) is 0 Å². The maximum atomic E-state index is 13.9. The van der Waals surface area contributed by atoms with Crippen LogP contribution in [0.1, 0.15) is 0 Å². The average molecular weight is 392 g/mol. The number of hydrogen-bond acceptors (Lipinski definition) is 5. The third-order valence-electron chi connectivity index (χ3n) is 4.56. The van der Waals surface area contributed by atoms with Crippen molar-refractivity contribution < 1.29 is 9.13 Å². The molecule has 0 radical (unpaired) electrons. The van der Waals surface area contributed by atoms with E-state index in [-0.39, 0.29) is 5.56 Å². The Bertz CT molecular complexity index is 1430. The van der Waals surface area contributed by atoms with Gasteiger partial charge in [-0.05, 0) is 30.3 Å². The van der Waals surface area contributed by atoms with E-state index in [4.69, 9.17) is 9.72 Å². The lowest BCUT2D eigenvalue weighted by atomic mass is 10.0. The molecule has 5 aromatic rings. The van der Waals surface area contributed by atoms with Gasteiger partial charge < -0.3 is 14.7 Å². The molecule has 0 saturated carbocycles. The number of halogens is 1. The fraction of sp³-hybridized carbons (Fsp3) is 0.0500. The summed E-state index contributed by atoms with van der Waals surface area (Å²) >= 11 is 1.40. The number of H-pyrrole nitrogens is 2. The number of aromatic nitrogens is 4. The van der Waals surface area contributed by atoms with E-state index in [2.05, 4.69) is 15.0 Å². The maximum Gasteiger partial charge on any atom is 0.256 e. The first kappa shape index (κ1) is 16.8. The molecule has 2 aromatic carbocycles. The maximum absolute atomic E-state index is 13.9. The van der Waals surface area contributed by atoms with Crippen LogP contribution in [0.5, 0.6) is 5.75 Å². The van der Waals surface area contributed by atoms with Crippen LogP contribution in [0.3, 0.4) is 0 Å². The second-order valence-electron chi connectivity index (χ2n) is 6.21. The molecule has 0 aliphatic heterocycles. The SMILES string of the molecule is COc1cncc(Sc2nc3c4cc[nH]c(=O)c4c4cc(F)ccc4c3[nH]2)c1. The fourth-order valence-corrected chi connectivity index (χ4v) is 4.15. The molecule has 138 valence electrons. The Labute approximate surface area is 161 Å². The number of nitrogens with zero attached hydrogens (tertiary/aromatic N) is 2. The summed E-state index contributed by atoms with van der Waals surface area (Å²) in [5, 5.41) is 3.03. The van der Waals surface area contributed by atoms with Crippen LogP contribution in [0, 0.1) is 5.82 Å². The Kier molecular flexibility index (Phi) is 3.80. The topological polar surface area (TPSA) is 83.7 Å². The molecule has 5 rings (SSSR count). The fourth-order valence-electron chi connectivity index (χ4n) is 3.35. The van der Waals surface area contributed by atoms with Crippen molar-refractivity contribution in [2.75, 3.05) is 7.11 Å². The Balaban J connectivity index is 1.79. The van der Waals surface area contributed by atoms with E-state index < -0.39 is 5.82 Å². The second-order valence-corrected chi connectivity index (χ2v) is 7.28. The van der Waals surface area contributed by atoms with E-state index in [1.54, 1.807) is 37.8 Å². The van der Waals surface area contributed by atoms with Crippen LogP contribution < -0.4 is 10.3 Å². The Morgan fingerprint density at radius 1 is 1.11 bits per heavy atom. The zero-order valence-corrected chi connectivity index (χ0v) is 15.4. The summed E-state index contributed by atoms with van der Waals surface area (Å²) in [6, 6.07) is 8.07. The molecule has 2 N–H and O–H groups in total. The average Bonchev–Trinajstić information content (AvgIpc) is 3.12. The zero-order valence-electron chi connectivity index (χ0n) is 14.6. The second kappa shape index (κ2) is 6.35. The number of fused-ring (bicyclic) bond motifs is 6. The highest BCUT2D eigenvalue weighted by Crippen LogP contribution is 2.35. The van der Waals surface area contributed by atoms with Gasteiger partial charge in [0.15, 0.2) is 5.16 Å². The minimum Gasteiger partial charge on any atom is -0.495 e. The zero-order chi connectivity index (χ0) is 19.3. The molecule has 6 nitrogen and oxygen atoms in total. The third kappa shape index (κ3) is 2.61. The van der Waals surface area contributed by atoms with Crippen LogP contribution in [-0.4, -0.2) is 27.0 Å². The first-order chi connectivity index (χ1) is 13.6. The molecule has 0 unspecified atom stereocenters. The van der Waals surface area contributed by atoms with Crippen molar-refractivity contribution in [3.8, 4) is 5.75 Å². The van der Waals surface area contributed by atoms with Gasteiger partial charge in [0, 0.05) is 33.4 Å². The molecule has 0 aliphatic rings. The molecule has 0 aliphatic carbocycles. The van der Waals surface area contributed by atoms with Gasteiger partial charge in [-0.1, -0.05) is 11.8 Å². The molecule has 0 atom stereocenters. The molecular formula is C20H13FN4O2S. The monoisotopic (exact) mass is 392 g/mol. The van der Waals surface area contributed by atoms with Gasteiger partial charge in [-0.3, -0.25) is 9.78 Å². The van der Waals surface area contributed by atoms with E-state index in [1.807, 2.05) is 6.07 Å². The Morgan fingerprint density at radius 3 is 2.86 bits per heavy atom. The number of rotatable bonds is 3. The molecule has 0 saturated heterocycles. The molecule has 8 heteroatoms. The lowest BCUT2D eigenvalue weighted by molar-refractivity contribution is 0.411. The minimum absolute atomic E-state index is 0.274. The quantitative estimate of drug-likeness (QED) is 0.449. The Hall–Kier alpha value is -3.39. The van der Waals surface area contributed by atoms with Crippen LogP contribution >= 0.6 is 11.8 Å². The molecular weight excluding hydrogens is 379 g/mol. The number of aromatic amines is 2. The minimum atomic E-state index is -0.395. The highest BCUT2D eigenvalue weighted by molar-refractivity contribution is 7.99. The first-order valence-corrected chi connectivity index (χ1v) is 9.25. The van der Waals surface area contributed by atoms with Crippen LogP contribution in [0.4, 0.5) is 4.39 Å². The lowest BCUT2D eigenvalue weighted by Crippen LogP contribution is -2.05. The van der Waals surface area contributed by atoms with Gasteiger partial charge in [0.1, 0.15) is 11.6 Å². The van der Waals surface area contributed by atoms with Crippen molar-refractivity contribution in [1.82, 2.24) is 19.9 Å². The highest BCUT2D eigenvalue weighted by atomic mass is 32.2. The van der Waals surface area contributed by atoms with E-state index >= 15 is 0 Å². The van der Waals surface area contributed by atoms with Gasteiger partial charge in [-0.15, -0.1) is 0 Å². The predicted molar refractivity (Wildman–Crippen MR) is 107 cm³/mol. The number of benzene rings is 2. The van der Waals surface area contributed by atoms with Gasteiger partial charge in [-0.25, -0.2) is 9.37 Å². The van der Waals surface area contributed by atoms with E-state index in [9.17, 15) is 9.18 Å². The molecule has 3 aromatic heterocycles. The van der Waals surface area contributed by atoms with E-state index in [1.165, 1.54) is 23.9 Å². The van der Waals surface area contributed by atoms with Crippen LogP contribution in [0.15, 0.2) is 63.8 Å². The summed E-state index contributed by atoms with van der Waals surface area (Å²) in [5.41, 5.74) is 1.15. The van der Waals surface area contributed by atoms with Crippen LogP contribution in [0.25, 0.3) is 32.6 Å². The summed E-state index contributed by atoms with van der Waals surface area (Å²) < 4.78 is 19.1. The van der Waals surface area contributed by atoms with Gasteiger partial charge in [-0.2, -0.15) is 0 Å². The molecule has 3 heterocycles. The molecule has 0 fully saturated rings. The summed E-state index contributed by atoms with van der Waals surface area (Å²) in [6.07, 6.45) is 4.92. The molecule has 0 amide bonds. The van der Waals surface area contributed by atoms with Gasteiger partial charge in [0.2, 0.25) is 0 Å². The normalized spacial score (nSPS) is 11.5. The molecule has 0 spiro atoms. The van der Waals surface area contributed by atoms with Crippen molar-refractivity contribution in [2.24, 2.45) is 0 Å². The smallest absolute Gasteiger partial charge is 0.256 e. The van der Waals surface area contributed by atoms with Crippen molar-refractivity contribution in [3.63, 3.8) is 0 Å². The van der Waals surface area contributed by atoms with Crippen molar-refractivity contribution in [2.45, 2.75) is 10.1 Å².